The van der Waals surface area contributed by atoms with Gasteiger partial charge in [0.25, 0.3) is 0 Å². The van der Waals surface area contributed by atoms with Gasteiger partial charge >= 0.3 is 0 Å². The van der Waals surface area contributed by atoms with E-state index >= 15 is 0 Å². The van der Waals surface area contributed by atoms with Gasteiger partial charge < -0.3 is 9.80 Å². The minimum absolute atomic E-state index is 0.0604. The Bertz CT molecular complexity index is 795. The third-order valence-electron chi connectivity index (χ3n) is 6.35. The molecular formula is C22H37N5O3S. The van der Waals surface area contributed by atoms with Crippen molar-refractivity contribution in [3.8, 4) is 0 Å². The van der Waals surface area contributed by atoms with Crippen molar-refractivity contribution in [2.45, 2.75) is 63.3 Å². The van der Waals surface area contributed by atoms with Crippen LogP contribution in [0.15, 0.2) is 23.2 Å². The van der Waals surface area contributed by atoms with Gasteiger partial charge in [0, 0.05) is 51.5 Å². The van der Waals surface area contributed by atoms with Crippen molar-refractivity contribution in [2.24, 2.45) is 0 Å². The summed E-state index contributed by atoms with van der Waals surface area (Å²) < 4.78 is 27.8. The maximum absolute atomic E-state index is 12.6. The molecule has 1 amide bonds. The second-order valence-corrected chi connectivity index (χ2v) is 10.3. The molecule has 31 heavy (non-hydrogen) atoms. The second kappa shape index (κ2) is 11.2. The van der Waals surface area contributed by atoms with E-state index in [0.29, 0.717) is 6.54 Å². The van der Waals surface area contributed by atoms with E-state index in [9.17, 15) is 13.2 Å². The van der Waals surface area contributed by atoms with E-state index in [1.54, 1.807) is 12.1 Å². The number of anilines is 1. The summed E-state index contributed by atoms with van der Waals surface area (Å²) >= 11 is 0. The highest BCUT2D eigenvalue weighted by Crippen LogP contribution is 2.18. The van der Waals surface area contributed by atoms with Crippen LogP contribution in [0, 0.1) is 0 Å². The molecule has 9 heteroatoms. The van der Waals surface area contributed by atoms with Gasteiger partial charge in [-0.05, 0) is 37.8 Å². The van der Waals surface area contributed by atoms with Gasteiger partial charge in [-0.25, -0.2) is 18.1 Å². The van der Waals surface area contributed by atoms with E-state index in [-0.39, 0.29) is 16.8 Å². The summed E-state index contributed by atoms with van der Waals surface area (Å²) in [5.41, 5.74) is 0. The number of nitrogens with one attached hydrogen (secondary N) is 1. The molecule has 1 N–H and O–H groups in total. The van der Waals surface area contributed by atoms with Gasteiger partial charge in [-0.2, -0.15) is 0 Å². The molecule has 2 fully saturated rings. The molecule has 3 rings (SSSR count). The normalized spacial score (nSPS) is 18.9. The smallest absolute Gasteiger partial charge is 0.242 e. The number of sulfonamides is 1. The van der Waals surface area contributed by atoms with E-state index in [1.165, 1.54) is 19.0 Å². The van der Waals surface area contributed by atoms with Crippen LogP contribution in [0.1, 0.15) is 52.4 Å². The van der Waals surface area contributed by atoms with Gasteiger partial charge in [-0.3, -0.25) is 9.69 Å². The van der Waals surface area contributed by atoms with Crippen LogP contribution in [0.5, 0.6) is 0 Å². The predicted molar refractivity (Wildman–Crippen MR) is 123 cm³/mol. The molecule has 174 valence electrons. The fourth-order valence-corrected chi connectivity index (χ4v) is 5.55. The van der Waals surface area contributed by atoms with Crippen molar-refractivity contribution < 1.29 is 13.2 Å². The monoisotopic (exact) mass is 451 g/mol. The third-order valence-corrected chi connectivity index (χ3v) is 7.86. The van der Waals surface area contributed by atoms with E-state index in [4.69, 9.17) is 0 Å². The molecule has 0 bridgehead atoms. The van der Waals surface area contributed by atoms with Crippen LogP contribution >= 0.6 is 0 Å². The zero-order chi connectivity index (χ0) is 22.3. The molecule has 2 aliphatic heterocycles. The number of rotatable bonds is 8. The summed E-state index contributed by atoms with van der Waals surface area (Å²) in [4.78, 5) is 23.6. The maximum atomic E-state index is 12.6. The first kappa shape index (κ1) is 23.9. The zero-order valence-corrected chi connectivity index (χ0v) is 19.7. The Morgan fingerprint density at radius 2 is 1.65 bits per heavy atom. The number of piperazine rings is 1. The van der Waals surface area contributed by atoms with Gasteiger partial charge in [0.2, 0.25) is 15.9 Å². The van der Waals surface area contributed by atoms with Gasteiger partial charge in [0.05, 0.1) is 6.54 Å². The summed E-state index contributed by atoms with van der Waals surface area (Å²) in [6, 6.07) is 3.34. The summed E-state index contributed by atoms with van der Waals surface area (Å²) in [6.45, 7) is 9.37. The highest BCUT2D eigenvalue weighted by atomic mass is 32.2. The van der Waals surface area contributed by atoms with Crippen LogP contribution in [-0.2, 0) is 14.8 Å². The number of nitrogens with zero attached hydrogens (tertiary/aromatic N) is 4. The minimum atomic E-state index is -3.55. The molecule has 8 nitrogen and oxygen atoms in total. The number of hydrogen-bond acceptors (Lipinski definition) is 6. The van der Waals surface area contributed by atoms with E-state index in [1.807, 2.05) is 18.7 Å². The molecule has 1 aromatic heterocycles. The Hall–Kier alpha value is -1.71. The Morgan fingerprint density at radius 1 is 1.00 bits per heavy atom. The highest BCUT2D eigenvalue weighted by molar-refractivity contribution is 7.89. The standard InChI is InChI=1S/C22H37N5O3S/c1-3-19(4-2)24-31(29,30)20-9-10-21(23-17-20)26-15-13-25(14-16-26)18-22(28)27-11-7-5-6-8-12-27/h9-10,17,19,24H,3-8,11-16,18H2,1-2H3. The number of likely N-dealkylation sites (tertiary alicyclic amines) is 1. The molecule has 0 radical (unpaired) electrons. The van der Waals surface area contributed by atoms with Crippen molar-refractivity contribution in [1.29, 1.82) is 0 Å². The lowest BCUT2D eigenvalue weighted by Gasteiger charge is -2.36. The maximum Gasteiger partial charge on any atom is 0.242 e. The zero-order valence-electron chi connectivity index (χ0n) is 18.9. The van der Waals surface area contributed by atoms with Crippen molar-refractivity contribution in [2.75, 3.05) is 50.7 Å². The van der Waals surface area contributed by atoms with E-state index < -0.39 is 10.0 Å². The summed E-state index contributed by atoms with van der Waals surface area (Å²) in [7, 11) is -3.55. The summed E-state index contributed by atoms with van der Waals surface area (Å²) in [6.07, 6.45) is 7.63. The number of pyridine rings is 1. The lowest BCUT2D eigenvalue weighted by molar-refractivity contribution is -0.132. The predicted octanol–water partition coefficient (Wildman–Crippen LogP) is 2.07. The molecule has 1 aromatic rings. The number of carbonyl (C=O) groups excluding carboxylic acids is 1. The second-order valence-electron chi connectivity index (χ2n) is 8.55. The van der Waals surface area contributed by atoms with Gasteiger partial charge in [-0.1, -0.05) is 26.7 Å². The van der Waals surface area contributed by atoms with Crippen molar-refractivity contribution in [3.05, 3.63) is 18.3 Å². The van der Waals surface area contributed by atoms with Crippen LogP contribution in [0.3, 0.4) is 0 Å². The van der Waals surface area contributed by atoms with Crippen molar-refractivity contribution >= 4 is 21.7 Å². The molecule has 0 aliphatic carbocycles. The Morgan fingerprint density at radius 3 is 2.19 bits per heavy atom. The first-order chi connectivity index (χ1) is 14.9. The SMILES string of the molecule is CCC(CC)NS(=O)(=O)c1ccc(N2CCN(CC(=O)N3CCCCCC3)CC2)nc1. The molecule has 0 atom stereocenters. The number of carbonyl (C=O) groups is 1. The van der Waals surface area contributed by atoms with Gasteiger partial charge in [0.1, 0.15) is 10.7 Å². The molecule has 0 aromatic carbocycles. The highest BCUT2D eigenvalue weighted by Gasteiger charge is 2.24. The fraction of sp³-hybridized carbons (Fsp3) is 0.727. The van der Waals surface area contributed by atoms with Gasteiger partial charge in [-0.15, -0.1) is 0 Å². The molecular weight excluding hydrogens is 414 g/mol. The Balaban J connectivity index is 1.51. The Labute approximate surface area is 187 Å². The molecule has 0 spiro atoms. The quantitative estimate of drug-likeness (QED) is 0.651. The minimum Gasteiger partial charge on any atom is -0.354 e. The molecule has 0 unspecified atom stereocenters. The van der Waals surface area contributed by atoms with Crippen LogP contribution in [0.25, 0.3) is 0 Å². The third kappa shape index (κ3) is 6.63. The number of hydrogen-bond donors (Lipinski definition) is 1. The lowest BCUT2D eigenvalue weighted by Crippen LogP contribution is -2.50. The molecule has 2 saturated heterocycles. The average molecular weight is 452 g/mol. The van der Waals surface area contributed by atoms with Crippen molar-refractivity contribution in [1.82, 2.24) is 19.5 Å². The molecule has 2 aliphatic rings. The topological polar surface area (TPSA) is 85.8 Å². The summed E-state index contributed by atoms with van der Waals surface area (Å²) in [5.74, 6) is 1.02. The van der Waals surface area contributed by atoms with Crippen molar-refractivity contribution in [3.63, 3.8) is 0 Å². The van der Waals surface area contributed by atoms with Crippen LogP contribution in [-0.4, -0.2) is 81.0 Å². The van der Waals surface area contributed by atoms with Crippen LogP contribution in [0.4, 0.5) is 5.82 Å². The van der Waals surface area contributed by atoms with E-state index in [0.717, 1.165) is 70.8 Å². The lowest BCUT2D eigenvalue weighted by atomic mass is 10.2. The molecule has 0 saturated carbocycles. The molecule has 3 heterocycles. The summed E-state index contributed by atoms with van der Waals surface area (Å²) in [5, 5.41) is 0. The first-order valence-electron chi connectivity index (χ1n) is 11.7. The van der Waals surface area contributed by atoms with E-state index in [2.05, 4.69) is 19.5 Å². The number of aromatic nitrogens is 1. The largest absolute Gasteiger partial charge is 0.354 e. The van der Waals surface area contributed by atoms with Gasteiger partial charge in [0.15, 0.2) is 0 Å². The first-order valence-corrected chi connectivity index (χ1v) is 13.1. The van der Waals surface area contributed by atoms with Crippen LogP contribution in [0.2, 0.25) is 0 Å². The fourth-order valence-electron chi connectivity index (χ4n) is 4.21. The van der Waals surface area contributed by atoms with Crippen LogP contribution < -0.4 is 9.62 Å². The number of amides is 1. The average Bonchev–Trinajstić information content (AvgIpc) is 3.08. The Kier molecular flexibility index (Phi) is 8.68.